The minimum Gasteiger partial charge on any atom is -0.352 e. The summed E-state index contributed by atoms with van der Waals surface area (Å²) in [4.78, 5) is 13.5. The average molecular weight is 427 g/mol. The predicted molar refractivity (Wildman–Crippen MR) is 126 cm³/mol. The van der Waals surface area contributed by atoms with Gasteiger partial charge in [-0.1, -0.05) is 90.5 Å². The molecule has 3 aromatic carbocycles. The summed E-state index contributed by atoms with van der Waals surface area (Å²) in [5.74, 6) is 0.104. The van der Waals surface area contributed by atoms with Gasteiger partial charge < -0.3 is 5.32 Å². The van der Waals surface area contributed by atoms with Gasteiger partial charge in [0.25, 0.3) is 0 Å². The fourth-order valence-corrected chi connectivity index (χ4v) is 5.07. The zero-order valence-electron chi connectivity index (χ0n) is 18.3. The van der Waals surface area contributed by atoms with Gasteiger partial charge in [0.2, 0.25) is 5.91 Å². The van der Waals surface area contributed by atoms with Crippen LogP contribution in [0.2, 0.25) is 0 Å². The number of fused-ring (bicyclic) bond motifs is 1. The first-order valence-electron chi connectivity index (χ1n) is 11.4. The molecule has 0 aromatic heterocycles. The maximum absolute atomic E-state index is 13.5. The Hall–Kier alpha value is -2.99. The number of carbonyl (C=O) groups is 1. The number of piperidine rings is 1. The molecule has 5 heteroatoms. The summed E-state index contributed by atoms with van der Waals surface area (Å²) in [6, 6.07) is 29.3. The molecule has 5 unspecified atom stereocenters. The smallest absolute Gasteiger partial charge is 0.223 e. The molecular formula is C27H30N4O. The Bertz CT molecular complexity index is 1040. The first kappa shape index (κ1) is 20.9. The van der Waals surface area contributed by atoms with E-state index in [1.165, 1.54) is 16.7 Å². The molecule has 164 valence electrons. The lowest BCUT2D eigenvalue weighted by Crippen LogP contribution is -2.54. The fraction of sp³-hybridized carbons (Fsp3) is 0.296. The molecule has 1 amide bonds. The quantitative estimate of drug-likeness (QED) is 0.502. The highest BCUT2D eigenvalue weighted by Gasteiger charge is 2.49. The number of nitrogens with one attached hydrogen (secondary N) is 4. The summed E-state index contributed by atoms with van der Waals surface area (Å²) in [5, 5.41) is 6.97. The minimum atomic E-state index is -0.121. The predicted octanol–water partition coefficient (Wildman–Crippen LogP) is 3.75. The molecule has 0 spiro atoms. The SMILES string of the molecule is Cc1ccc(C2CC(C(=O)NCc3ccccc3)C3C(NNC3c3ccccc3)N2)cc1. The number of carbonyl (C=O) groups excluding carboxylic acids is 1. The van der Waals surface area contributed by atoms with Gasteiger partial charge in [-0.2, -0.15) is 0 Å². The van der Waals surface area contributed by atoms with Crippen molar-refractivity contribution in [1.29, 1.82) is 0 Å². The number of hydrogen-bond acceptors (Lipinski definition) is 4. The molecule has 4 N–H and O–H groups in total. The van der Waals surface area contributed by atoms with E-state index in [0.29, 0.717) is 6.54 Å². The van der Waals surface area contributed by atoms with Crippen LogP contribution in [0.15, 0.2) is 84.9 Å². The highest BCUT2D eigenvalue weighted by Crippen LogP contribution is 2.42. The maximum Gasteiger partial charge on any atom is 0.223 e. The molecule has 5 nitrogen and oxygen atoms in total. The maximum atomic E-state index is 13.5. The second kappa shape index (κ2) is 9.25. The molecule has 2 fully saturated rings. The molecule has 2 aliphatic rings. The molecule has 5 rings (SSSR count). The van der Waals surface area contributed by atoms with E-state index in [9.17, 15) is 4.79 Å². The molecule has 0 radical (unpaired) electrons. The van der Waals surface area contributed by atoms with E-state index >= 15 is 0 Å². The molecule has 3 aromatic rings. The van der Waals surface area contributed by atoms with Crippen LogP contribution in [0, 0.1) is 18.8 Å². The van der Waals surface area contributed by atoms with Crippen molar-refractivity contribution in [1.82, 2.24) is 21.5 Å². The highest BCUT2D eigenvalue weighted by atomic mass is 16.1. The zero-order valence-corrected chi connectivity index (χ0v) is 18.3. The Kier molecular flexibility index (Phi) is 6.04. The Balaban J connectivity index is 1.41. The van der Waals surface area contributed by atoms with Crippen LogP contribution in [0.4, 0.5) is 0 Å². The van der Waals surface area contributed by atoms with Crippen LogP contribution in [-0.2, 0) is 11.3 Å². The lowest BCUT2D eigenvalue weighted by atomic mass is 9.74. The molecule has 5 atom stereocenters. The minimum absolute atomic E-state index is 0.00716. The van der Waals surface area contributed by atoms with E-state index in [1.54, 1.807) is 0 Å². The van der Waals surface area contributed by atoms with E-state index in [1.807, 2.05) is 36.4 Å². The number of hydrogen-bond donors (Lipinski definition) is 4. The average Bonchev–Trinajstić information content (AvgIpc) is 3.28. The Morgan fingerprint density at radius 3 is 2.28 bits per heavy atom. The summed E-state index contributed by atoms with van der Waals surface area (Å²) < 4.78 is 0. The van der Waals surface area contributed by atoms with Gasteiger partial charge in [-0.3, -0.25) is 10.1 Å². The van der Waals surface area contributed by atoms with E-state index in [0.717, 1.165) is 12.0 Å². The molecule has 0 saturated carbocycles. The molecule has 2 heterocycles. The monoisotopic (exact) mass is 426 g/mol. The van der Waals surface area contributed by atoms with Crippen LogP contribution in [0.5, 0.6) is 0 Å². The molecule has 32 heavy (non-hydrogen) atoms. The third-order valence-electron chi connectivity index (χ3n) is 6.78. The Morgan fingerprint density at radius 1 is 0.875 bits per heavy atom. The van der Waals surface area contributed by atoms with Crippen molar-refractivity contribution < 1.29 is 4.79 Å². The van der Waals surface area contributed by atoms with Crippen LogP contribution in [0.3, 0.4) is 0 Å². The molecule has 0 aliphatic carbocycles. The molecule has 0 bridgehead atoms. The number of benzene rings is 3. The largest absolute Gasteiger partial charge is 0.352 e. The van der Waals surface area contributed by atoms with E-state index < -0.39 is 0 Å². The highest BCUT2D eigenvalue weighted by molar-refractivity contribution is 5.79. The molecular weight excluding hydrogens is 396 g/mol. The summed E-state index contributed by atoms with van der Waals surface area (Å²) >= 11 is 0. The normalized spacial score (nSPS) is 27.0. The number of amides is 1. The summed E-state index contributed by atoms with van der Waals surface area (Å²) in [7, 11) is 0. The van der Waals surface area contributed by atoms with Gasteiger partial charge in [0.05, 0.1) is 12.2 Å². The standard InChI is InChI=1S/C27H30N4O/c1-18-12-14-20(15-13-18)23-16-22(27(32)28-17-19-8-4-2-5-9-19)24-25(30-31-26(24)29-23)21-10-6-3-7-11-21/h2-15,22-26,29-31H,16-17H2,1H3,(H,28,32). The van der Waals surface area contributed by atoms with Crippen molar-refractivity contribution in [3.8, 4) is 0 Å². The van der Waals surface area contributed by atoms with E-state index in [4.69, 9.17) is 0 Å². The van der Waals surface area contributed by atoms with Crippen molar-refractivity contribution in [2.24, 2.45) is 11.8 Å². The van der Waals surface area contributed by atoms with Crippen LogP contribution < -0.4 is 21.5 Å². The van der Waals surface area contributed by atoms with Crippen molar-refractivity contribution in [2.45, 2.75) is 38.1 Å². The lowest BCUT2D eigenvalue weighted by Gasteiger charge is -2.40. The molecule has 2 aliphatic heterocycles. The molecule has 2 saturated heterocycles. The van der Waals surface area contributed by atoms with Crippen molar-refractivity contribution in [2.75, 3.05) is 0 Å². The van der Waals surface area contributed by atoms with Gasteiger partial charge >= 0.3 is 0 Å². The number of aryl methyl sites for hydroxylation is 1. The fourth-order valence-electron chi connectivity index (χ4n) is 5.07. The first-order valence-corrected chi connectivity index (χ1v) is 11.4. The second-order valence-corrected chi connectivity index (χ2v) is 8.91. The van der Waals surface area contributed by atoms with Crippen molar-refractivity contribution >= 4 is 5.91 Å². The van der Waals surface area contributed by atoms with Gasteiger partial charge in [0.15, 0.2) is 0 Å². The van der Waals surface area contributed by atoms with Gasteiger partial charge in [-0.25, -0.2) is 10.9 Å². The Labute approximate surface area is 189 Å². The topological polar surface area (TPSA) is 65.2 Å². The van der Waals surface area contributed by atoms with Crippen molar-refractivity contribution in [3.05, 3.63) is 107 Å². The van der Waals surface area contributed by atoms with E-state index in [2.05, 4.69) is 76.9 Å². The van der Waals surface area contributed by atoms with E-state index in [-0.39, 0.29) is 36.0 Å². The summed E-state index contributed by atoms with van der Waals surface area (Å²) in [5.41, 5.74) is 11.7. The van der Waals surface area contributed by atoms with Gasteiger partial charge in [0.1, 0.15) is 0 Å². The van der Waals surface area contributed by atoms with Gasteiger partial charge in [-0.05, 0) is 30.0 Å². The van der Waals surface area contributed by atoms with Crippen LogP contribution in [0.1, 0.15) is 40.8 Å². The van der Waals surface area contributed by atoms with Gasteiger partial charge in [0, 0.05) is 24.4 Å². The third kappa shape index (κ3) is 4.32. The van der Waals surface area contributed by atoms with Crippen LogP contribution >= 0.6 is 0 Å². The second-order valence-electron chi connectivity index (χ2n) is 8.91. The zero-order chi connectivity index (χ0) is 21.9. The lowest BCUT2D eigenvalue weighted by molar-refractivity contribution is -0.129. The van der Waals surface area contributed by atoms with Gasteiger partial charge in [-0.15, -0.1) is 0 Å². The number of rotatable bonds is 5. The van der Waals surface area contributed by atoms with Crippen LogP contribution in [0.25, 0.3) is 0 Å². The third-order valence-corrected chi connectivity index (χ3v) is 6.78. The summed E-state index contributed by atoms with van der Waals surface area (Å²) in [6.45, 7) is 2.65. The Morgan fingerprint density at radius 2 is 1.56 bits per heavy atom. The van der Waals surface area contributed by atoms with Crippen LogP contribution in [-0.4, -0.2) is 12.1 Å². The number of hydrazine groups is 1. The first-order chi connectivity index (χ1) is 15.7. The summed E-state index contributed by atoms with van der Waals surface area (Å²) in [6.07, 6.45) is 0.769. The van der Waals surface area contributed by atoms with Crippen molar-refractivity contribution in [3.63, 3.8) is 0 Å².